The molecular weight excluding hydrogens is 176 g/mol. The van der Waals surface area contributed by atoms with Crippen LogP contribution in [0.4, 0.5) is 0 Å². The van der Waals surface area contributed by atoms with Gasteiger partial charge < -0.3 is 15.4 Å². The van der Waals surface area contributed by atoms with E-state index in [0.717, 1.165) is 26.0 Å². The lowest BCUT2D eigenvalue weighted by atomic mass is 9.94. The van der Waals surface area contributed by atoms with Gasteiger partial charge in [0.05, 0.1) is 6.10 Å². The van der Waals surface area contributed by atoms with Crippen molar-refractivity contribution in [2.45, 2.75) is 44.2 Å². The van der Waals surface area contributed by atoms with Crippen molar-refractivity contribution in [3.8, 4) is 0 Å². The Bertz CT molecular complexity index is 150. The lowest BCUT2D eigenvalue weighted by Gasteiger charge is -2.26. The standard InChI is InChI=1S/C11H24N2O/c1-13(2)7-4-8-14-11-6-3-5-10(12)9-11/h10-11H,3-9,12H2,1-2H3. The van der Waals surface area contributed by atoms with E-state index >= 15 is 0 Å². The van der Waals surface area contributed by atoms with Crippen LogP contribution in [0, 0.1) is 0 Å². The summed E-state index contributed by atoms with van der Waals surface area (Å²) < 4.78 is 5.80. The van der Waals surface area contributed by atoms with Crippen molar-refractivity contribution in [3.05, 3.63) is 0 Å². The van der Waals surface area contributed by atoms with Crippen LogP contribution in [-0.2, 0) is 4.74 Å². The Morgan fingerprint density at radius 1 is 1.36 bits per heavy atom. The van der Waals surface area contributed by atoms with Gasteiger partial charge in [0.2, 0.25) is 0 Å². The van der Waals surface area contributed by atoms with Crippen molar-refractivity contribution in [2.24, 2.45) is 5.73 Å². The molecule has 0 aromatic carbocycles. The van der Waals surface area contributed by atoms with E-state index in [4.69, 9.17) is 10.5 Å². The van der Waals surface area contributed by atoms with Crippen LogP contribution in [0.15, 0.2) is 0 Å². The number of hydrogen-bond donors (Lipinski definition) is 1. The Hall–Kier alpha value is -0.120. The third kappa shape index (κ3) is 4.94. The number of nitrogens with zero attached hydrogens (tertiary/aromatic N) is 1. The monoisotopic (exact) mass is 200 g/mol. The lowest BCUT2D eigenvalue weighted by molar-refractivity contribution is 0.0203. The van der Waals surface area contributed by atoms with Gasteiger partial charge in [-0.3, -0.25) is 0 Å². The molecule has 3 nitrogen and oxygen atoms in total. The van der Waals surface area contributed by atoms with Gasteiger partial charge in [-0.25, -0.2) is 0 Å². The Morgan fingerprint density at radius 3 is 2.79 bits per heavy atom. The van der Waals surface area contributed by atoms with Crippen molar-refractivity contribution in [1.82, 2.24) is 4.90 Å². The fraction of sp³-hybridized carbons (Fsp3) is 1.00. The number of nitrogens with two attached hydrogens (primary N) is 1. The Morgan fingerprint density at radius 2 is 2.14 bits per heavy atom. The predicted octanol–water partition coefficient (Wildman–Crippen LogP) is 1.22. The first kappa shape index (κ1) is 12.0. The zero-order chi connectivity index (χ0) is 10.4. The fourth-order valence-electron chi connectivity index (χ4n) is 1.96. The third-order valence-corrected chi connectivity index (χ3v) is 2.77. The van der Waals surface area contributed by atoms with Crippen molar-refractivity contribution in [2.75, 3.05) is 27.2 Å². The molecule has 1 aliphatic rings. The van der Waals surface area contributed by atoms with Crippen molar-refractivity contribution in [3.63, 3.8) is 0 Å². The Balaban J connectivity index is 2.00. The van der Waals surface area contributed by atoms with Crippen molar-refractivity contribution >= 4 is 0 Å². The lowest BCUT2D eigenvalue weighted by Crippen LogP contribution is -2.32. The second-order valence-electron chi connectivity index (χ2n) is 4.58. The van der Waals surface area contributed by atoms with E-state index < -0.39 is 0 Å². The van der Waals surface area contributed by atoms with E-state index in [1.165, 1.54) is 19.3 Å². The molecule has 2 N–H and O–H groups in total. The highest BCUT2D eigenvalue weighted by Crippen LogP contribution is 2.19. The predicted molar refractivity (Wildman–Crippen MR) is 59.4 cm³/mol. The normalized spacial score (nSPS) is 28.3. The van der Waals surface area contributed by atoms with Gasteiger partial charge in [-0.2, -0.15) is 0 Å². The fourth-order valence-corrected chi connectivity index (χ4v) is 1.96. The molecule has 1 aliphatic carbocycles. The SMILES string of the molecule is CN(C)CCCOC1CCCC(N)C1. The molecule has 84 valence electrons. The van der Waals surface area contributed by atoms with Gasteiger partial charge in [-0.05, 0) is 52.7 Å². The van der Waals surface area contributed by atoms with Crippen molar-refractivity contribution < 1.29 is 4.74 Å². The number of rotatable bonds is 5. The molecule has 1 rings (SSSR count). The minimum Gasteiger partial charge on any atom is -0.378 e. The molecule has 2 unspecified atom stereocenters. The highest BCUT2D eigenvalue weighted by molar-refractivity contribution is 4.75. The molecule has 0 spiro atoms. The van der Waals surface area contributed by atoms with Crippen LogP contribution in [0.2, 0.25) is 0 Å². The van der Waals surface area contributed by atoms with E-state index in [2.05, 4.69) is 19.0 Å². The molecule has 0 radical (unpaired) electrons. The van der Waals surface area contributed by atoms with E-state index in [0.29, 0.717) is 12.1 Å². The summed E-state index contributed by atoms with van der Waals surface area (Å²) in [6.07, 6.45) is 6.23. The molecule has 0 amide bonds. The van der Waals surface area contributed by atoms with E-state index in [-0.39, 0.29) is 0 Å². The third-order valence-electron chi connectivity index (χ3n) is 2.77. The minimum absolute atomic E-state index is 0.377. The molecule has 1 fully saturated rings. The van der Waals surface area contributed by atoms with Gasteiger partial charge in [0.25, 0.3) is 0 Å². The molecule has 3 heteroatoms. The zero-order valence-electron chi connectivity index (χ0n) is 9.54. The molecule has 1 saturated carbocycles. The maximum absolute atomic E-state index is 5.89. The summed E-state index contributed by atoms with van der Waals surface area (Å²) in [5.41, 5.74) is 5.89. The van der Waals surface area contributed by atoms with Gasteiger partial charge in [-0.15, -0.1) is 0 Å². The molecule has 14 heavy (non-hydrogen) atoms. The maximum atomic E-state index is 5.89. The molecular formula is C11H24N2O. The zero-order valence-corrected chi connectivity index (χ0v) is 9.54. The van der Waals surface area contributed by atoms with Crippen LogP contribution < -0.4 is 5.73 Å². The van der Waals surface area contributed by atoms with Crippen LogP contribution >= 0.6 is 0 Å². The first-order valence-electron chi connectivity index (χ1n) is 5.70. The highest BCUT2D eigenvalue weighted by Gasteiger charge is 2.19. The van der Waals surface area contributed by atoms with Crippen LogP contribution in [-0.4, -0.2) is 44.3 Å². The summed E-state index contributed by atoms with van der Waals surface area (Å²) in [6, 6.07) is 0.377. The molecule has 0 bridgehead atoms. The number of ether oxygens (including phenoxy) is 1. The van der Waals surface area contributed by atoms with Gasteiger partial charge in [-0.1, -0.05) is 0 Å². The topological polar surface area (TPSA) is 38.5 Å². The summed E-state index contributed by atoms with van der Waals surface area (Å²) in [5, 5.41) is 0. The van der Waals surface area contributed by atoms with Crippen LogP contribution in [0.5, 0.6) is 0 Å². The summed E-state index contributed by atoms with van der Waals surface area (Å²) in [7, 11) is 4.19. The van der Waals surface area contributed by atoms with Gasteiger partial charge in [0, 0.05) is 12.6 Å². The van der Waals surface area contributed by atoms with Gasteiger partial charge in [0.15, 0.2) is 0 Å². The van der Waals surface area contributed by atoms with Gasteiger partial charge in [0.1, 0.15) is 0 Å². The Labute approximate surface area is 87.6 Å². The van der Waals surface area contributed by atoms with Crippen molar-refractivity contribution in [1.29, 1.82) is 0 Å². The molecule has 0 aromatic heterocycles. The van der Waals surface area contributed by atoms with Crippen LogP contribution in [0.3, 0.4) is 0 Å². The van der Waals surface area contributed by atoms with Crippen LogP contribution in [0.25, 0.3) is 0 Å². The summed E-state index contributed by atoms with van der Waals surface area (Å²) in [4.78, 5) is 2.19. The number of hydrogen-bond acceptors (Lipinski definition) is 3. The smallest absolute Gasteiger partial charge is 0.0589 e. The van der Waals surface area contributed by atoms with Crippen LogP contribution in [0.1, 0.15) is 32.1 Å². The summed E-state index contributed by atoms with van der Waals surface area (Å²) in [6.45, 7) is 1.99. The average Bonchev–Trinajstić information content (AvgIpc) is 2.12. The Kier molecular flexibility index (Phi) is 5.45. The molecule has 0 aliphatic heterocycles. The molecule has 0 aromatic rings. The molecule has 0 heterocycles. The molecule has 0 saturated heterocycles. The quantitative estimate of drug-likeness (QED) is 0.678. The first-order valence-corrected chi connectivity index (χ1v) is 5.70. The largest absolute Gasteiger partial charge is 0.378 e. The summed E-state index contributed by atoms with van der Waals surface area (Å²) in [5.74, 6) is 0. The maximum Gasteiger partial charge on any atom is 0.0589 e. The first-order chi connectivity index (χ1) is 6.68. The highest BCUT2D eigenvalue weighted by atomic mass is 16.5. The van der Waals surface area contributed by atoms with E-state index in [1.807, 2.05) is 0 Å². The van der Waals surface area contributed by atoms with Gasteiger partial charge >= 0.3 is 0 Å². The van der Waals surface area contributed by atoms with E-state index in [9.17, 15) is 0 Å². The summed E-state index contributed by atoms with van der Waals surface area (Å²) >= 11 is 0. The second-order valence-corrected chi connectivity index (χ2v) is 4.58. The second kappa shape index (κ2) is 6.38. The molecule has 2 atom stereocenters. The van der Waals surface area contributed by atoms with E-state index in [1.54, 1.807) is 0 Å². The minimum atomic E-state index is 0.377. The average molecular weight is 200 g/mol.